The minimum absolute atomic E-state index is 0.0810. The van der Waals surface area contributed by atoms with E-state index in [2.05, 4.69) is 10.2 Å². The molecule has 0 aromatic heterocycles. The molecule has 1 saturated heterocycles. The fourth-order valence-corrected chi connectivity index (χ4v) is 1.90. The molecule has 3 aliphatic rings. The Hall–Kier alpha value is -0.520. The zero-order valence-electron chi connectivity index (χ0n) is 5.66. The lowest BCUT2D eigenvalue weighted by molar-refractivity contribution is 0.0377. The smallest absolute Gasteiger partial charge is 0.128 e. The first kappa shape index (κ1) is 6.05. The van der Waals surface area contributed by atoms with Gasteiger partial charge in [-0.25, -0.2) is 0 Å². The largest absolute Gasteiger partial charge is 0.388 e. The second-order valence-corrected chi connectivity index (χ2v) is 3.26. The van der Waals surface area contributed by atoms with Crippen molar-refractivity contribution < 1.29 is 14.9 Å². The molecule has 3 rings (SSSR count). The number of ether oxygens (including phenoxy) is 1. The van der Waals surface area contributed by atoms with Gasteiger partial charge in [-0.05, 0) is 0 Å². The first-order chi connectivity index (χ1) is 5.29. The number of hydrogen-bond donors (Lipinski definition) is 2. The Morgan fingerprint density at radius 1 is 0.909 bits per heavy atom. The quantitative estimate of drug-likeness (QED) is 0.427. The van der Waals surface area contributed by atoms with Crippen molar-refractivity contribution in [2.75, 3.05) is 0 Å². The molecule has 60 valence electrons. The van der Waals surface area contributed by atoms with E-state index in [-0.39, 0.29) is 18.2 Å². The predicted molar refractivity (Wildman–Crippen MR) is 33.1 cm³/mol. The molecule has 2 N–H and O–H groups in total. The monoisotopic (exact) mass is 156 g/mol. The van der Waals surface area contributed by atoms with E-state index < -0.39 is 18.2 Å². The van der Waals surface area contributed by atoms with E-state index in [4.69, 9.17) is 4.74 Å². The van der Waals surface area contributed by atoms with Gasteiger partial charge in [-0.3, -0.25) is 0 Å². The molecule has 11 heavy (non-hydrogen) atoms. The molecule has 0 radical (unpaired) electrons. The maximum absolute atomic E-state index is 9.45. The first-order valence-corrected chi connectivity index (χ1v) is 3.70. The molecular weight excluding hydrogens is 148 g/mol. The molecule has 2 aliphatic heterocycles. The zero-order chi connectivity index (χ0) is 7.59. The molecule has 6 atom stereocenters. The summed E-state index contributed by atoms with van der Waals surface area (Å²) in [4.78, 5) is 0. The van der Waals surface area contributed by atoms with Crippen LogP contribution in [0.2, 0.25) is 0 Å². The molecule has 0 spiro atoms. The predicted octanol–water partition coefficient (Wildman–Crippen LogP) is -1.31. The number of aliphatic hydroxyl groups excluding tert-OH is 2. The number of hydrogen-bond acceptors (Lipinski definition) is 5. The van der Waals surface area contributed by atoms with Gasteiger partial charge in [0.1, 0.15) is 36.5 Å². The third kappa shape index (κ3) is 0.571. The minimum atomic E-state index is -0.655. The summed E-state index contributed by atoms with van der Waals surface area (Å²) in [7, 11) is 0. The van der Waals surface area contributed by atoms with E-state index in [0.29, 0.717) is 0 Å². The van der Waals surface area contributed by atoms with Crippen LogP contribution in [0.1, 0.15) is 0 Å². The van der Waals surface area contributed by atoms with Gasteiger partial charge in [-0.1, -0.05) is 0 Å². The van der Waals surface area contributed by atoms with Crippen molar-refractivity contribution in [3.63, 3.8) is 0 Å². The van der Waals surface area contributed by atoms with Crippen molar-refractivity contribution in [1.82, 2.24) is 0 Å². The third-order valence-electron chi connectivity index (χ3n) is 2.62. The van der Waals surface area contributed by atoms with Crippen LogP contribution in [-0.2, 0) is 4.74 Å². The van der Waals surface area contributed by atoms with Crippen molar-refractivity contribution in [2.24, 2.45) is 10.2 Å². The van der Waals surface area contributed by atoms with Crippen LogP contribution in [0.5, 0.6) is 0 Å². The Morgan fingerprint density at radius 3 is 2.45 bits per heavy atom. The fraction of sp³-hybridized carbons (Fsp3) is 1.00. The maximum Gasteiger partial charge on any atom is 0.128 e. The van der Waals surface area contributed by atoms with Crippen LogP contribution >= 0.6 is 0 Å². The molecule has 0 aromatic rings. The minimum Gasteiger partial charge on any atom is -0.388 e. The van der Waals surface area contributed by atoms with E-state index in [1.165, 1.54) is 0 Å². The van der Waals surface area contributed by atoms with Crippen LogP contribution in [-0.4, -0.2) is 46.7 Å². The Labute approximate surface area is 62.7 Å². The van der Waals surface area contributed by atoms with E-state index in [9.17, 15) is 10.2 Å². The Morgan fingerprint density at radius 2 is 1.64 bits per heavy atom. The van der Waals surface area contributed by atoms with E-state index in [1.807, 2.05) is 0 Å². The molecule has 0 aromatic carbocycles. The van der Waals surface area contributed by atoms with Crippen LogP contribution < -0.4 is 0 Å². The molecule has 6 unspecified atom stereocenters. The lowest BCUT2D eigenvalue weighted by Gasteiger charge is -2.22. The van der Waals surface area contributed by atoms with Gasteiger partial charge in [0, 0.05) is 0 Å². The summed E-state index contributed by atoms with van der Waals surface area (Å²) in [6.07, 6.45) is -1.49. The summed E-state index contributed by atoms with van der Waals surface area (Å²) in [6, 6.07) is -0.655. The van der Waals surface area contributed by atoms with E-state index in [0.717, 1.165) is 0 Å². The van der Waals surface area contributed by atoms with Crippen LogP contribution in [0.15, 0.2) is 10.2 Å². The Kier molecular flexibility index (Phi) is 0.894. The number of epoxide rings is 1. The lowest BCUT2D eigenvalue weighted by Crippen LogP contribution is -2.48. The van der Waals surface area contributed by atoms with Crippen molar-refractivity contribution in [1.29, 1.82) is 0 Å². The van der Waals surface area contributed by atoms with Crippen LogP contribution in [0, 0.1) is 0 Å². The van der Waals surface area contributed by atoms with E-state index in [1.54, 1.807) is 0 Å². The fourth-order valence-electron chi connectivity index (χ4n) is 1.90. The molecule has 1 aliphatic carbocycles. The van der Waals surface area contributed by atoms with Gasteiger partial charge in [0.05, 0.1) is 0 Å². The van der Waals surface area contributed by atoms with Crippen molar-refractivity contribution >= 4 is 0 Å². The lowest BCUT2D eigenvalue weighted by atomic mass is 9.88. The van der Waals surface area contributed by atoms with Gasteiger partial charge in [0.2, 0.25) is 0 Å². The molecule has 5 nitrogen and oxygen atoms in total. The number of fused-ring (bicyclic) bond motifs is 4. The topological polar surface area (TPSA) is 77.7 Å². The summed E-state index contributed by atoms with van der Waals surface area (Å²) >= 11 is 0. The van der Waals surface area contributed by atoms with Crippen LogP contribution in [0.3, 0.4) is 0 Å². The number of aliphatic hydroxyl groups is 2. The SMILES string of the molecule is OC1C2N=NC1C1OC1C2O. The second kappa shape index (κ2) is 1.63. The molecule has 2 fully saturated rings. The Balaban J connectivity index is 2.00. The Bertz CT molecular complexity index is 232. The zero-order valence-corrected chi connectivity index (χ0v) is 5.66. The summed E-state index contributed by atoms with van der Waals surface area (Å²) < 4.78 is 5.13. The highest BCUT2D eigenvalue weighted by Crippen LogP contribution is 2.43. The molecule has 2 bridgehead atoms. The highest BCUT2D eigenvalue weighted by Gasteiger charge is 2.63. The summed E-state index contributed by atoms with van der Waals surface area (Å²) in [5, 5.41) is 26.5. The highest BCUT2D eigenvalue weighted by molar-refractivity contribution is 5.15. The van der Waals surface area contributed by atoms with Gasteiger partial charge in [-0.15, -0.1) is 0 Å². The molecule has 2 heterocycles. The van der Waals surface area contributed by atoms with Crippen molar-refractivity contribution in [2.45, 2.75) is 36.5 Å². The van der Waals surface area contributed by atoms with Crippen molar-refractivity contribution in [3.8, 4) is 0 Å². The standard InChI is InChI=1S/C6H8N2O3/c9-3-1-4(10)6-5(11-6)2(3)8-7-1/h1-6,9-10H. The number of rotatable bonds is 0. The van der Waals surface area contributed by atoms with Gasteiger partial charge in [0.15, 0.2) is 0 Å². The van der Waals surface area contributed by atoms with Crippen LogP contribution in [0.25, 0.3) is 0 Å². The average molecular weight is 156 g/mol. The van der Waals surface area contributed by atoms with Gasteiger partial charge in [-0.2, -0.15) is 10.2 Å². The molecular formula is C6H8N2O3. The van der Waals surface area contributed by atoms with Gasteiger partial charge in [0.25, 0.3) is 0 Å². The van der Waals surface area contributed by atoms with Crippen LogP contribution in [0.4, 0.5) is 0 Å². The van der Waals surface area contributed by atoms with E-state index >= 15 is 0 Å². The van der Waals surface area contributed by atoms with Crippen molar-refractivity contribution in [3.05, 3.63) is 0 Å². The highest BCUT2D eigenvalue weighted by atomic mass is 16.6. The van der Waals surface area contributed by atoms with Gasteiger partial charge < -0.3 is 14.9 Å². The van der Waals surface area contributed by atoms with Gasteiger partial charge >= 0.3 is 0 Å². The summed E-state index contributed by atoms with van der Waals surface area (Å²) in [6.45, 7) is 0. The summed E-state index contributed by atoms with van der Waals surface area (Å²) in [5.41, 5.74) is 0. The second-order valence-electron chi connectivity index (χ2n) is 3.26. The molecule has 5 heteroatoms. The summed E-state index contributed by atoms with van der Waals surface area (Å²) in [5.74, 6) is 0. The third-order valence-corrected chi connectivity index (χ3v) is 2.62. The average Bonchev–Trinajstić information content (AvgIpc) is 2.68. The normalized spacial score (nSPS) is 64.5. The number of nitrogens with zero attached hydrogens (tertiary/aromatic N) is 2. The molecule has 1 saturated carbocycles. The molecule has 0 amide bonds. The maximum atomic E-state index is 9.45. The first-order valence-electron chi connectivity index (χ1n) is 3.70. The number of azo groups is 1.